The van der Waals surface area contributed by atoms with E-state index in [0.29, 0.717) is 0 Å². The lowest BCUT2D eigenvalue weighted by molar-refractivity contribution is 0.607. The SMILES string of the molecule is C#Cc1ccc(-n2c(-c3ccc(CCCCCCCC)cc3)nc3c4ccccc4c4ccccc4c32)cc1. The van der Waals surface area contributed by atoms with E-state index in [-0.39, 0.29) is 0 Å². The van der Waals surface area contributed by atoms with E-state index >= 15 is 0 Å². The molecule has 0 saturated heterocycles. The van der Waals surface area contributed by atoms with E-state index in [9.17, 15) is 0 Å². The average Bonchev–Trinajstić information content (AvgIpc) is 3.40. The molecule has 0 saturated carbocycles. The van der Waals surface area contributed by atoms with E-state index < -0.39 is 0 Å². The first-order valence-corrected chi connectivity index (χ1v) is 14.3. The molecule has 192 valence electrons. The van der Waals surface area contributed by atoms with E-state index in [0.717, 1.165) is 40.1 Å². The van der Waals surface area contributed by atoms with Gasteiger partial charge in [0.2, 0.25) is 0 Å². The van der Waals surface area contributed by atoms with Gasteiger partial charge in [-0.25, -0.2) is 4.98 Å². The fraction of sp³-hybridized carbons (Fsp3) is 0.216. The molecule has 0 radical (unpaired) electrons. The summed E-state index contributed by atoms with van der Waals surface area (Å²) in [5, 5.41) is 4.84. The molecule has 0 aliphatic heterocycles. The van der Waals surface area contributed by atoms with E-state index in [1.807, 2.05) is 12.1 Å². The summed E-state index contributed by atoms with van der Waals surface area (Å²) < 4.78 is 2.31. The van der Waals surface area contributed by atoms with Gasteiger partial charge in [-0.15, -0.1) is 6.42 Å². The first-order valence-electron chi connectivity index (χ1n) is 14.3. The fourth-order valence-electron chi connectivity index (χ4n) is 5.79. The van der Waals surface area contributed by atoms with E-state index in [4.69, 9.17) is 11.4 Å². The fourth-order valence-corrected chi connectivity index (χ4v) is 5.79. The quantitative estimate of drug-likeness (QED) is 0.108. The summed E-state index contributed by atoms with van der Waals surface area (Å²) in [5.41, 5.74) is 6.60. The number of imidazole rings is 1. The van der Waals surface area contributed by atoms with Gasteiger partial charge in [0.25, 0.3) is 0 Å². The standard InChI is InChI=1S/C37H34N2/c1-3-5-6-7-8-9-14-28-19-23-29(24-20-28)37-38-35-33-17-12-10-15-31(33)32-16-11-13-18-34(32)36(35)39(37)30-25-21-27(4-2)22-26-30/h2,10-13,15-26H,3,5-9,14H2,1H3. The van der Waals surface area contributed by atoms with Crippen molar-refractivity contribution in [2.24, 2.45) is 0 Å². The maximum Gasteiger partial charge on any atom is 0.145 e. The maximum absolute atomic E-state index is 5.68. The molecule has 1 heterocycles. The zero-order valence-electron chi connectivity index (χ0n) is 22.7. The summed E-state index contributed by atoms with van der Waals surface area (Å²) in [6.07, 6.45) is 14.7. The number of hydrogen-bond acceptors (Lipinski definition) is 1. The molecule has 0 aliphatic rings. The number of fused-ring (bicyclic) bond motifs is 6. The van der Waals surface area contributed by atoms with Crippen molar-refractivity contribution < 1.29 is 0 Å². The van der Waals surface area contributed by atoms with Gasteiger partial charge >= 0.3 is 0 Å². The van der Waals surface area contributed by atoms with Crippen molar-refractivity contribution in [1.82, 2.24) is 9.55 Å². The zero-order valence-corrected chi connectivity index (χ0v) is 22.7. The van der Waals surface area contributed by atoms with Crippen LogP contribution in [0, 0.1) is 12.3 Å². The minimum absolute atomic E-state index is 0.874. The van der Waals surface area contributed by atoms with Gasteiger partial charge in [0.1, 0.15) is 5.82 Å². The molecule has 1 aromatic heterocycles. The van der Waals surface area contributed by atoms with E-state index in [1.54, 1.807) is 0 Å². The van der Waals surface area contributed by atoms with Gasteiger partial charge in [0.15, 0.2) is 0 Å². The Morgan fingerprint density at radius 3 is 1.97 bits per heavy atom. The first kappa shape index (κ1) is 25.0. The number of nitrogens with zero attached hydrogens (tertiary/aromatic N) is 2. The highest BCUT2D eigenvalue weighted by atomic mass is 15.1. The Balaban J connectivity index is 1.49. The Hall–Kier alpha value is -4.35. The molecule has 0 spiro atoms. The van der Waals surface area contributed by atoms with Crippen molar-refractivity contribution in [3.63, 3.8) is 0 Å². The topological polar surface area (TPSA) is 17.8 Å². The summed E-state index contributed by atoms with van der Waals surface area (Å²) in [7, 11) is 0. The highest BCUT2D eigenvalue weighted by Gasteiger charge is 2.20. The third kappa shape index (κ3) is 4.82. The predicted octanol–water partition coefficient (Wildman–Crippen LogP) is 9.88. The van der Waals surface area contributed by atoms with Gasteiger partial charge in [-0.2, -0.15) is 0 Å². The lowest BCUT2D eigenvalue weighted by Crippen LogP contribution is -1.98. The molecule has 2 heteroatoms. The van der Waals surface area contributed by atoms with Crippen molar-refractivity contribution in [2.75, 3.05) is 0 Å². The molecule has 2 nitrogen and oxygen atoms in total. The van der Waals surface area contributed by atoms with Crippen LogP contribution in [0.4, 0.5) is 0 Å². The smallest absolute Gasteiger partial charge is 0.145 e. The molecule has 6 rings (SSSR count). The molecule has 0 amide bonds. The van der Waals surface area contributed by atoms with Crippen molar-refractivity contribution in [3.8, 4) is 29.4 Å². The molecule has 0 fully saturated rings. The van der Waals surface area contributed by atoms with Crippen LogP contribution in [-0.2, 0) is 6.42 Å². The number of aromatic nitrogens is 2. The maximum atomic E-state index is 5.68. The summed E-state index contributed by atoms with van der Waals surface area (Å²) >= 11 is 0. The van der Waals surface area contributed by atoms with Crippen LogP contribution in [0.2, 0.25) is 0 Å². The van der Waals surface area contributed by atoms with Crippen molar-refractivity contribution in [3.05, 3.63) is 108 Å². The molecule has 0 atom stereocenters. The Labute approximate surface area is 231 Å². The van der Waals surface area contributed by atoms with Crippen molar-refractivity contribution >= 4 is 32.6 Å². The number of unbranched alkanes of at least 4 members (excludes halogenated alkanes) is 5. The normalized spacial score (nSPS) is 11.4. The van der Waals surface area contributed by atoms with Crippen LogP contribution in [0.1, 0.15) is 56.6 Å². The van der Waals surface area contributed by atoms with Gasteiger partial charge in [-0.3, -0.25) is 4.57 Å². The Morgan fingerprint density at radius 1 is 0.667 bits per heavy atom. The van der Waals surface area contributed by atoms with Gasteiger partial charge in [0.05, 0.1) is 11.0 Å². The molecule has 0 bridgehead atoms. The molecule has 0 unspecified atom stereocenters. The van der Waals surface area contributed by atoms with Crippen LogP contribution in [0.25, 0.3) is 49.7 Å². The predicted molar refractivity (Wildman–Crippen MR) is 167 cm³/mol. The molecule has 0 aliphatic carbocycles. The molecule has 0 N–H and O–H groups in total. The summed E-state index contributed by atoms with van der Waals surface area (Å²) in [4.78, 5) is 5.34. The highest BCUT2D eigenvalue weighted by Crippen LogP contribution is 2.39. The van der Waals surface area contributed by atoms with Gasteiger partial charge in [0, 0.05) is 27.6 Å². The molecular formula is C37H34N2. The zero-order chi connectivity index (χ0) is 26.6. The molecular weight excluding hydrogens is 472 g/mol. The third-order valence-corrected chi connectivity index (χ3v) is 7.86. The second-order valence-electron chi connectivity index (χ2n) is 10.5. The van der Waals surface area contributed by atoms with Crippen LogP contribution in [0.15, 0.2) is 97.1 Å². The van der Waals surface area contributed by atoms with E-state index in [1.165, 1.54) is 65.6 Å². The van der Waals surface area contributed by atoms with Crippen molar-refractivity contribution in [2.45, 2.75) is 51.9 Å². The lowest BCUT2D eigenvalue weighted by Gasteiger charge is -2.13. The molecule has 39 heavy (non-hydrogen) atoms. The Kier molecular flexibility index (Phi) is 7.15. The van der Waals surface area contributed by atoms with Crippen LogP contribution in [0.3, 0.4) is 0 Å². The number of rotatable bonds is 9. The number of terminal acetylenes is 1. The van der Waals surface area contributed by atoms with Crippen LogP contribution in [0.5, 0.6) is 0 Å². The number of benzene rings is 5. The number of hydrogen-bond donors (Lipinski definition) is 0. The molecule has 6 aromatic rings. The summed E-state index contributed by atoms with van der Waals surface area (Å²) in [5.74, 6) is 3.70. The third-order valence-electron chi connectivity index (χ3n) is 7.86. The second-order valence-corrected chi connectivity index (χ2v) is 10.5. The Morgan fingerprint density at radius 2 is 1.28 bits per heavy atom. The average molecular weight is 507 g/mol. The second kappa shape index (κ2) is 11.2. The summed E-state index contributed by atoms with van der Waals surface area (Å²) in [6.45, 7) is 2.27. The number of aryl methyl sites for hydroxylation is 1. The minimum Gasteiger partial charge on any atom is -0.292 e. The first-order chi connectivity index (χ1) is 19.3. The van der Waals surface area contributed by atoms with Gasteiger partial charge in [-0.1, -0.05) is 118 Å². The van der Waals surface area contributed by atoms with Crippen molar-refractivity contribution in [1.29, 1.82) is 0 Å². The van der Waals surface area contributed by atoms with Crippen LogP contribution >= 0.6 is 0 Å². The lowest BCUT2D eigenvalue weighted by atomic mass is 10.00. The van der Waals surface area contributed by atoms with Gasteiger partial charge in [-0.05, 0) is 53.4 Å². The monoisotopic (exact) mass is 506 g/mol. The Bertz CT molecular complexity index is 1780. The van der Waals surface area contributed by atoms with Gasteiger partial charge < -0.3 is 0 Å². The minimum atomic E-state index is 0.874. The van der Waals surface area contributed by atoms with E-state index in [2.05, 4.69) is 102 Å². The van der Waals surface area contributed by atoms with Crippen LogP contribution < -0.4 is 0 Å². The molecule has 5 aromatic carbocycles. The largest absolute Gasteiger partial charge is 0.292 e. The highest BCUT2D eigenvalue weighted by molar-refractivity contribution is 6.24. The van der Waals surface area contributed by atoms with Crippen LogP contribution in [-0.4, -0.2) is 9.55 Å². The summed E-state index contributed by atoms with van der Waals surface area (Å²) in [6, 6.07) is 34.6.